The molecule has 9 heteroatoms. The topological polar surface area (TPSA) is 95.8 Å². The monoisotopic (exact) mass is 382 g/mol. The Morgan fingerprint density at radius 3 is 2.68 bits per heavy atom. The van der Waals surface area contributed by atoms with Gasteiger partial charge in [0.25, 0.3) is 5.56 Å². The molecule has 0 bridgehead atoms. The number of H-pyrrole nitrogens is 1. The third-order valence-electron chi connectivity index (χ3n) is 4.64. The highest BCUT2D eigenvalue weighted by atomic mass is 16.6. The Hall–Kier alpha value is -3.36. The summed E-state index contributed by atoms with van der Waals surface area (Å²) in [6.45, 7) is 6.13. The normalized spacial score (nSPS) is 14.7. The number of piperazine rings is 1. The first-order valence-electron chi connectivity index (χ1n) is 9.26. The molecule has 1 aliphatic rings. The first-order valence-corrected chi connectivity index (χ1v) is 9.26. The second kappa shape index (κ2) is 7.34. The van der Waals surface area contributed by atoms with Crippen LogP contribution in [0.1, 0.15) is 13.8 Å². The molecule has 1 N–H and O–H groups in total. The first kappa shape index (κ1) is 18.0. The van der Waals surface area contributed by atoms with E-state index >= 15 is 0 Å². The van der Waals surface area contributed by atoms with Crippen molar-refractivity contribution < 1.29 is 9.53 Å². The van der Waals surface area contributed by atoms with Crippen LogP contribution in [0, 0.1) is 0 Å². The van der Waals surface area contributed by atoms with Crippen LogP contribution in [0.15, 0.2) is 41.5 Å². The summed E-state index contributed by atoms with van der Waals surface area (Å²) >= 11 is 0. The van der Waals surface area contributed by atoms with Crippen molar-refractivity contribution in [2.75, 3.05) is 31.1 Å². The molecule has 9 nitrogen and oxygen atoms in total. The number of nitrogens with zero attached hydrogens (tertiary/aromatic N) is 5. The minimum Gasteiger partial charge on any atom is -0.447 e. The molecule has 146 valence electrons. The fraction of sp³-hybridized carbons (Fsp3) is 0.368. The maximum atomic E-state index is 12.1. The average molecular weight is 382 g/mol. The van der Waals surface area contributed by atoms with Crippen LogP contribution in [-0.2, 0) is 4.74 Å². The lowest BCUT2D eigenvalue weighted by atomic mass is 10.2. The third kappa shape index (κ3) is 3.42. The van der Waals surface area contributed by atoms with Gasteiger partial charge in [-0.2, -0.15) is 0 Å². The number of ether oxygens (including phenoxy) is 1. The number of imidazole rings is 1. The lowest BCUT2D eigenvalue weighted by Crippen LogP contribution is -2.49. The number of carbonyl (C=O) groups is 1. The number of rotatable bonds is 3. The van der Waals surface area contributed by atoms with E-state index in [2.05, 4.69) is 20.0 Å². The highest BCUT2D eigenvalue weighted by Gasteiger charge is 2.24. The standard InChI is InChI=1S/C19H22N6O3/c1-13(2)28-19(27)24-10-8-23(9-11-24)17-6-5-16-21-12-15(25(16)22-17)14-4-3-7-20-18(14)26/h3-7,12-13H,8-11H2,1-2H3,(H,20,26). The number of amides is 1. The summed E-state index contributed by atoms with van der Waals surface area (Å²) in [7, 11) is 0. The minimum absolute atomic E-state index is 0.129. The van der Waals surface area contributed by atoms with E-state index in [0.29, 0.717) is 43.1 Å². The van der Waals surface area contributed by atoms with Gasteiger partial charge in [-0.1, -0.05) is 0 Å². The predicted molar refractivity (Wildman–Crippen MR) is 104 cm³/mol. The van der Waals surface area contributed by atoms with E-state index in [-0.39, 0.29) is 17.8 Å². The predicted octanol–water partition coefficient (Wildman–Crippen LogP) is 1.75. The fourth-order valence-electron chi connectivity index (χ4n) is 3.23. The van der Waals surface area contributed by atoms with Crippen LogP contribution in [-0.4, -0.2) is 62.9 Å². The maximum Gasteiger partial charge on any atom is 0.410 e. The van der Waals surface area contributed by atoms with Gasteiger partial charge in [0, 0.05) is 32.4 Å². The van der Waals surface area contributed by atoms with Crippen molar-refractivity contribution >= 4 is 17.6 Å². The Morgan fingerprint density at radius 2 is 1.96 bits per heavy atom. The van der Waals surface area contributed by atoms with Crippen molar-refractivity contribution in [3.8, 4) is 11.3 Å². The zero-order valence-corrected chi connectivity index (χ0v) is 15.8. The Morgan fingerprint density at radius 1 is 1.18 bits per heavy atom. The van der Waals surface area contributed by atoms with E-state index in [1.807, 2.05) is 26.0 Å². The highest BCUT2D eigenvalue weighted by Crippen LogP contribution is 2.20. The molecule has 1 aliphatic heterocycles. The lowest BCUT2D eigenvalue weighted by molar-refractivity contribution is 0.0751. The number of anilines is 1. The molecular formula is C19H22N6O3. The minimum atomic E-state index is -0.279. The summed E-state index contributed by atoms with van der Waals surface area (Å²) in [4.78, 5) is 35.0. The molecule has 0 saturated carbocycles. The van der Waals surface area contributed by atoms with E-state index in [1.165, 1.54) is 0 Å². The number of carbonyl (C=O) groups excluding carboxylic acids is 1. The van der Waals surface area contributed by atoms with Gasteiger partial charge >= 0.3 is 6.09 Å². The molecular weight excluding hydrogens is 360 g/mol. The number of aromatic amines is 1. The summed E-state index contributed by atoms with van der Waals surface area (Å²) in [6, 6.07) is 7.30. The molecule has 28 heavy (non-hydrogen) atoms. The summed E-state index contributed by atoms with van der Waals surface area (Å²) in [6.07, 6.45) is 2.84. The summed E-state index contributed by atoms with van der Waals surface area (Å²) < 4.78 is 6.94. The summed E-state index contributed by atoms with van der Waals surface area (Å²) in [5.41, 5.74) is 1.63. The largest absolute Gasteiger partial charge is 0.447 e. The van der Waals surface area contributed by atoms with E-state index in [4.69, 9.17) is 4.74 Å². The Kier molecular flexibility index (Phi) is 4.72. The lowest BCUT2D eigenvalue weighted by Gasteiger charge is -2.35. The van der Waals surface area contributed by atoms with Crippen molar-refractivity contribution in [1.29, 1.82) is 0 Å². The molecule has 1 amide bonds. The average Bonchev–Trinajstić information content (AvgIpc) is 3.11. The molecule has 0 radical (unpaired) electrons. The molecule has 3 aromatic rings. The molecule has 0 aliphatic carbocycles. The van der Waals surface area contributed by atoms with Crippen LogP contribution in [0.2, 0.25) is 0 Å². The van der Waals surface area contributed by atoms with Crippen LogP contribution >= 0.6 is 0 Å². The van der Waals surface area contributed by atoms with Crippen LogP contribution < -0.4 is 10.5 Å². The molecule has 0 aromatic carbocycles. The molecule has 0 atom stereocenters. The molecule has 0 spiro atoms. The van der Waals surface area contributed by atoms with Gasteiger partial charge in [-0.05, 0) is 38.1 Å². The van der Waals surface area contributed by atoms with Crippen molar-refractivity contribution in [3.63, 3.8) is 0 Å². The number of hydrogen-bond donors (Lipinski definition) is 1. The first-order chi connectivity index (χ1) is 13.5. The molecule has 4 rings (SSSR count). The van der Waals surface area contributed by atoms with Gasteiger partial charge in [-0.25, -0.2) is 14.3 Å². The Labute approximate surface area is 161 Å². The molecule has 0 unspecified atom stereocenters. The second-order valence-corrected chi connectivity index (χ2v) is 6.92. The zero-order valence-electron chi connectivity index (χ0n) is 15.8. The van der Waals surface area contributed by atoms with Gasteiger partial charge in [0.2, 0.25) is 0 Å². The van der Waals surface area contributed by atoms with E-state index in [0.717, 1.165) is 5.82 Å². The number of aromatic nitrogens is 4. The van der Waals surface area contributed by atoms with Crippen LogP contribution in [0.25, 0.3) is 16.9 Å². The van der Waals surface area contributed by atoms with Crippen molar-refractivity contribution in [2.24, 2.45) is 0 Å². The molecule has 1 fully saturated rings. The van der Waals surface area contributed by atoms with Crippen molar-refractivity contribution in [3.05, 3.63) is 47.0 Å². The highest BCUT2D eigenvalue weighted by molar-refractivity contribution is 5.68. The number of nitrogens with one attached hydrogen (secondary N) is 1. The fourth-order valence-corrected chi connectivity index (χ4v) is 3.23. The quantitative estimate of drug-likeness (QED) is 0.741. The van der Waals surface area contributed by atoms with E-state index in [9.17, 15) is 9.59 Å². The van der Waals surface area contributed by atoms with Gasteiger partial charge in [-0.3, -0.25) is 4.79 Å². The Bertz CT molecular complexity index is 1050. The third-order valence-corrected chi connectivity index (χ3v) is 4.64. The van der Waals surface area contributed by atoms with Crippen molar-refractivity contribution in [1.82, 2.24) is 24.5 Å². The Balaban J connectivity index is 1.56. The molecule has 1 saturated heterocycles. The number of hydrogen-bond acceptors (Lipinski definition) is 6. The second-order valence-electron chi connectivity index (χ2n) is 6.92. The number of fused-ring (bicyclic) bond motifs is 1. The van der Waals surface area contributed by atoms with Crippen LogP contribution in [0.3, 0.4) is 0 Å². The van der Waals surface area contributed by atoms with Gasteiger partial charge in [0.1, 0.15) is 5.82 Å². The number of pyridine rings is 1. The van der Waals surface area contributed by atoms with E-state index < -0.39 is 0 Å². The van der Waals surface area contributed by atoms with Gasteiger partial charge in [0.15, 0.2) is 5.65 Å². The SMILES string of the molecule is CC(C)OC(=O)N1CCN(c2ccc3ncc(-c4ccc[nH]c4=O)n3n2)CC1. The molecule has 4 heterocycles. The van der Waals surface area contributed by atoms with Crippen molar-refractivity contribution in [2.45, 2.75) is 20.0 Å². The van der Waals surface area contributed by atoms with Crippen LogP contribution in [0.5, 0.6) is 0 Å². The van der Waals surface area contributed by atoms with Gasteiger partial charge < -0.3 is 19.5 Å². The van der Waals surface area contributed by atoms with Crippen LogP contribution in [0.4, 0.5) is 10.6 Å². The van der Waals surface area contributed by atoms with E-state index in [1.54, 1.807) is 33.9 Å². The summed E-state index contributed by atoms with van der Waals surface area (Å²) in [5.74, 6) is 0.774. The smallest absolute Gasteiger partial charge is 0.410 e. The van der Waals surface area contributed by atoms with Gasteiger partial charge in [0.05, 0.1) is 23.6 Å². The van der Waals surface area contributed by atoms with Gasteiger partial charge in [-0.15, -0.1) is 5.10 Å². The molecule has 3 aromatic heterocycles. The maximum absolute atomic E-state index is 12.1. The zero-order chi connectivity index (χ0) is 19.7. The summed E-state index contributed by atoms with van der Waals surface area (Å²) in [5, 5.41) is 4.69.